The second-order valence-corrected chi connectivity index (χ2v) is 6.28. The van der Waals surface area contributed by atoms with Gasteiger partial charge in [0, 0.05) is 0 Å². The van der Waals surface area contributed by atoms with Crippen LogP contribution < -0.4 is 10.1 Å². The van der Waals surface area contributed by atoms with Crippen molar-refractivity contribution in [3.05, 3.63) is 29.8 Å². The Labute approximate surface area is 132 Å². The molecule has 0 spiro atoms. The second-order valence-electron chi connectivity index (χ2n) is 6.28. The summed E-state index contributed by atoms with van der Waals surface area (Å²) in [5.74, 6) is 1.12. The first kappa shape index (κ1) is 15.3. The molecule has 0 unspecified atom stereocenters. The van der Waals surface area contributed by atoms with E-state index < -0.39 is 0 Å². The van der Waals surface area contributed by atoms with Crippen LogP contribution in [0.4, 0.5) is 0 Å². The third-order valence-electron chi connectivity index (χ3n) is 4.65. The van der Waals surface area contributed by atoms with Gasteiger partial charge in [0.25, 0.3) is 0 Å². The zero-order valence-corrected chi connectivity index (χ0v) is 13.1. The molecule has 1 saturated heterocycles. The molecule has 0 bridgehead atoms. The van der Waals surface area contributed by atoms with Crippen LogP contribution in [0.25, 0.3) is 0 Å². The van der Waals surface area contributed by atoms with E-state index in [9.17, 15) is 4.79 Å². The van der Waals surface area contributed by atoms with Crippen LogP contribution in [0, 0.1) is 0 Å². The van der Waals surface area contributed by atoms with Crippen LogP contribution in [0.1, 0.15) is 50.0 Å². The molecule has 2 aliphatic rings. The lowest BCUT2D eigenvalue weighted by Crippen LogP contribution is -2.26. The summed E-state index contributed by atoms with van der Waals surface area (Å²) in [6.45, 7) is 2.19. The van der Waals surface area contributed by atoms with Gasteiger partial charge in [-0.2, -0.15) is 0 Å². The highest BCUT2D eigenvalue weighted by atomic mass is 16.6. The Morgan fingerprint density at radius 3 is 2.41 bits per heavy atom. The monoisotopic (exact) mass is 303 g/mol. The van der Waals surface area contributed by atoms with E-state index in [1.165, 1.54) is 18.4 Å². The predicted octanol–water partition coefficient (Wildman–Crippen LogP) is 3.02. The maximum absolute atomic E-state index is 11.7. The topological polar surface area (TPSA) is 47.6 Å². The summed E-state index contributed by atoms with van der Waals surface area (Å²) in [7, 11) is 0. The molecule has 0 radical (unpaired) electrons. The average Bonchev–Trinajstić information content (AvgIpc) is 3.07. The van der Waals surface area contributed by atoms with Gasteiger partial charge in [0.1, 0.15) is 11.9 Å². The van der Waals surface area contributed by atoms with E-state index in [0.717, 1.165) is 44.5 Å². The van der Waals surface area contributed by atoms with Gasteiger partial charge in [-0.05, 0) is 75.2 Å². The van der Waals surface area contributed by atoms with Gasteiger partial charge in [0.2, 0.25) is 0 Å². The molecule has 22 heavy (non-hydrogen) atoms. The summed E-state index contributed by atoms with van der Waals surface area (Å²) in [6, 6.07) is 8.15. The molecule has 0 amide bonds. The highest BCUT2D eigenvalue weighted by molar-refractivity contribution is 5.71. The molecule has 4 nitrogen and oxygen atoms in total. The van der Waals surface area contributed by atoms with Gasteiger partial charge in [-0.3, -0.25) is 0 Å². The summed E-state index contributed by atoms with van der Waals surface area (Å²) < 4.78 is 10.9. The molecule has 1 aliphatic heterocycles. The van der Waals surface area contributed by atoms with Crippen LogP contribution in [0.3, 0.4) is 0 Å². The summed E-state index contributed by atoms with van der Waals surface area (Å²) in [5.41, 5.74) is 1.36. The molecule has 1 aromatic carbocycles. The Hall–Kier alpha value is -1.55. The lowest BCUT2D eigenvalue weighted by molar-refractivity contribution is -0.151. The Balaban J connectivity index is 1.45. The average molecular weight is 303 g/mol. The molecule has 1 heterocycles. The minimum absolute atomic E-state index is 0.00317. The smallest absolute Gasteiger partial charge is 0.344 e. The number of nitrogens with one attached hydrogen (secondary N) is 1. The molecule has 120 valence electrons. The molecule has 0 aromatic heterocycles. The second kappa shape index (κ2) is 7.63. The maximum atomic E-state index is 11.7. The molecular formula is C18H25NO3. The van der Waals surface area contributed by atoms with E-state index in [0.29, 0.717) is 5.92 Å². The van der Waals surface area contributed by atoms with E-state index in [-0.39, 0.29) is 18.7 Å². The number of ether oxygens (including phenoxy) is 2. The summed E-state index contributed by atoms with van der Waals surface area (Å²) in [4.78, 5) is 11.7. The van der Waals surface area contributed by atoms with E-state index in [2.05, 4.69) is 17.4 Å². The van der Waals surface area contributed by atoms with Gasteiger partial charge in [-0.15, -0.1) is 0 Å². The van der Waals surface area contributed by atoms with Gasteiger partial charge in [0.05, 0.1) is 0 Å². The van der Waals surface area contributed by atoms with Crippen molar-refractivity contribution in [3.63, 3.8) is 0 Å². The van der Waals surface area contributed by atoms with Crippen LogP contribution in [-0.2, 0) is 9.53 Å². The van der Waals surface area contributed by atoms with Crippen molar-refractivity contribution in [1.82, 2.24) is 5.32 Å². The first-order chi connectivity index (χ1) is 10.8. The van der Waals surface area contributed by atoms with Gasteiger partial charge in [-0.1, -0.05) is 12.1 Å². The van der Waals surface area contributed by atoms with Crippen LogP contribution in [0.15, 0.2) is 24.3 Å². The first-order valence-electron chi connectivity index (χ1n) is 8.44. The third-order valence-corrected chi connectivity index (χ3v) is 4.65. The lowest BCUT2D eigenvalue weighted by atomic mass is 9.90. The number of hydrogen-bond acceptors (Lipinski definition) is 4. The van der Waals surface area contributed by atoms with Crippen LogP contribution in [0.5, 0.6) is 5.75 Å². The van der Waals surface area contributed by atoms with Crippen LogP contribution >= 0.6 is 0 Å². The van der Waals surface area contributed by atoms with Gasteiger partial charge in [0.15, 0.2) is 6.61 Å². The number of benzene rings is 1. The zero-order chi connectivity index (χ0) is 15.2. The standard InChI is InChI=1S/C18H25NO3/c20-18(22-17-3-1-2-4-17)13-21-16-7-5-14(6-8-16)15-9-11-19-12-10-15/h5-8,15,17,19H,1-4,9-13H2. The van der Waals surface area contributed by atoms with Crippen LogP contribution in [0.2, 0.25) is 0 Å². The molecular weight excluding hydrogens is 278 g/mol. The van der Waals surface area contributed by atoms with E-state index in [1.54, 1.807) is 0 Å². The lowest BCUT2D eigenvalue weighted by Gasteiger charge is -2.23. The largest absolute Gasteiger partial charge is 0.482 e. The van der Waals surface area contributed by atoms with Crippen molar-refractivity contribution in [2.45, 2.75) is 50.5 Å². The van der Waals surface area contributed by atoms with Crippen molar-refractivity contribution in [3.8, 4) is 5.75 Å². The van der Waals surface area contributed by atoms with Gasteiger partial charge in [-0.25, -0.2) is 4.79 Å². The Morgan fingerprint density at radius 1 is 1.05 bits per heavy atom. The Bertz CT molecular complexity index is 474. The van der Waals surface area contributed by atoms with E-state index >= 15 is 0 Å². The van der Waals surface area contributed by atoms with E-state index in [4.69, 9.17) is 9.47 Å². The summed E-state index contributed by atoms with van der Waals surface area (Å²) >= 11 is 0. The molecule has 3 rings (SSSR count). The fourth-order valence-electron chi connectivity index (χ4n) is 3.36. The maximum Gasteiger partial charge on any atom is 0.344 e. The first-order valence-corrected chi connectivity index (χ1v) is 8.44. The molecule has 4 heteroatoms. The number of esters is 1. The number of piperidine rings is 1. The zero-order valence-electron chi connectivity index (χ0n) is 13.1. The van der Waals surface area contributed by atoms with Crippen LogP contribution in [-0.4, -0.2) is 31.8 Å². The van der Waals surface area contributed by atoms with Crippen molar-refractivity contribution >= 4 is 5.97 Å². The molecule has 2 fully saturated rings. The number of hydrogen-bond donors (Lipinski definition) is 1. The molecule has 1 aliphatic carbocycles. The highest BCUT2D eigenvalue weighted by Crippen LogP contribution is 2.26. The number of carbonyl (C=O) groups excluding carboxylic acids is 1. The molecule has 1 saturated carbocycles. The normalized spacial score (nSPS) is 20.0. The number of carbonyl (C=O) groups is 1. The Kier molecular flexibility index (Phi) is 5.33. The van der Waals surface area contributed by atoms with Crippen molar-refractivity contribution in [2.24, 2.45) is 0 Å². The highest BCUT2D eigenvalue weighted by Gasteiger charge is 2.19. The van der Waals surface area contributed by atoms with Crippen molar-refractivity contribution < 1.29 is 14.3 Å². The molecule has 1 aromatic rings. The predicted molar refractivity (Wildman–Crippen MR) is 85.1 cm³/mol. The van der Waals surface area contributed by atoms with Crippen molar-refractivity contribution in [2.75, 3.05) is 19.7 Å². The summed E-state index contributed by atoms with van der Waals surface area (Å²) in [6.07, 6.45) is 6.81. The van der Waals surface area contributed by atoms with Gasteiger partial charge < -0.3 is 14.8 Å². The fourth-order valence-corrected chi connectivity index (χ4v) is 3.36. The fraction of sp³-hybridized carbons (Fsp3) is 0.611. The quantitative estimate of drug-likeness (QED) is 0.849. The van der Waals surface area contributed by atoms with Crippen molar-refractivity contribution in [1.29, 1.82) is 0 Å². The third kappa shape index (κ3) is 4.23. The molecule has 0 atom stereocenters. The molecule has 1 N–H and O–H groups in total. The minimum atomic E-state index is -0.255. The van der Waals surface area contributed by atoms with Gasteiger partial charge >= 0.3 is 5.97 Å². The van der Waals surface area contributed by atoms with E-state index in [1.807, 2.05) is 12.1 Å². The minimum Gasteiger partial charge on any atom is -0.482 e. The summed E-state index contributed by atoms with van der Waals surface area (Å²) in [5, 5.41) is 3.38. The SMILES string of the molecule is O=C(COc1ccc(C2CCNCC2)cc1)OC1CCCC1. The Morgan fingerprint density at radius 2 is 1.73 bits per heavy atom. The number of rotatable bonds is 5.